The average Bonchev–Trinajstić information content (AvgIpc) is 2.38. The van der Waals surface area contributed by atoms with Crippen molar-refractivity contribution in [3.63, 3.8) is 0 Å². The fourth-order valence-electron chi connectivity index (χ4n) is 1.88. The van der Waals surface area contributed by atoms with Crippen molar-refractivity contribution in [2.45, 2.75) is 44.9 Å². The Morgan fingerprint density at radius 1 is 0.833 bits per heavy atom. The summed E-state index contributed by atoms with van der Waals surface area (Å²) in [6.45, 7) is 0.312. The van der Waals surface area contributed by atoms with E-state index in [1.165, 1.54) is 19.3 Å². The third-order valence-electron chi connectivity index (χ3n) is 3.14. The van der Waals surface area contributed by atoms with E-state index in [-0.39, 0.29) is 31.5 Å². The van der Waals surface area contributed by atoms with E-state index in [1.54, 1.807) is 0 Å². The third kappa shape index (κ3) is 7.24. The lowest BCUT2D eigenvalue weighted by Crippen LogP contribution is -2.31. The van der Waals surface area contributed by atoms with Gasteiger partial charge in [-0.15, -0.1) is 0 Å². The molecule has 18 heavy (non-hydrogen) atoms. The molecule has 0 aromatic carbocycles. The second-order valence-electron chi connectivity index (χ2n) is 4.66. The highest BCUT2D eigenvalue weighted by molar-refractivity contribution is 5.75. The Bertz CT molecular complexity index is 237. The summed E-state index contributed by atoms with van der Waals surface area (Å²) in [7, 11) is 0. The SMILES string of the molecule is O=C(O)CCC(=O)O.OCC1(CO)CCCCC1. The van der Waals surface area contributed by atoms with Crippen LogP contribution in [0.3, 0.4) is 0 Å². The van der Waals surface area contributed by atoms with Crippen LogP contribution >= 0.6 is 0 Å². The van der Waals surface area contributed by atoms with Crippen LogP contribution in [0.1, 0.15) is 44.9 Å². The molecule has 0 aliphatic heterocycles. The number of carbonyl (C=O) groups is 2. The lowest BCUT2D eigenvalue weighted by atomic mass is 9.75. The van der Waals surface area contributed by atoms with Crippen LogP contribution in [0, 0.1) is 5.41 Å². The maximum Gasteiger partial charge on any atom is 0.303 e. The molecule has 0 atom stereocenters. The van der Waals surface area contributed by atoms with Gasteiger partial charge in [0.15, 0.2) is 0 Å². The summed E-state index contributed by atoms with van der Waals surface area (Å²) < 4.78 is 0. The van der Waals surface area contributed by atoms with Crippen LogP contribution in [0.4, 0.5) is 0 Å². The van der Waals surface area contributed by atoms with Gasteiger partial charge in [0.1, 0.15) is 0 Å². The smallest absolute Gasteiger partial charge is 0.303 e. The van der Waals surface area contributed by atoms with E-state index in [0.29, 0.717) is 0 Å². The van der Waals surface area contributed by atoms with Crippen LogP contribution in [-0.4, -0.2) is 45.6 Å². The number of aliphatic hydroxyl groups is 2. The van der Waals surface area contributed by atoms with Gasteiger partial charge in [0.25, 0.3) is 0 Å². The first-order valence-corrected chi connectivity index (χ1v) is 6.11. The number of aliphatic carboxylic acids is 2. The van der Waals surface area contributed by atoms with Crippen molar-refractivity contribution in [1.82, 2.24) is 0 Å². The predicted octanol–water partition coefficient (Wildman–Crippen LogP) is 0.857. The van der Waals surface area contributed by atoms with Gasteiger partial charge in [-0.05, 0) is 12.8 Å². The van der Waals surface area contributed by atoms with Gasteiger partial charge in [-0.3, -0.25) is 9.59 Å². The second kappa shape index (κ2) is 8.88. The summed E-state index contributed by atoms with van der Waals surface area (Å²) in [6.07, 6.45) is 5.01. The number of carboxylic acids is 2. The zero-order valence-corrected chi connectivity index (χ0v) is 10.5. The van der Waals surface area contributed by atoms with E-state index in [9.17, 15) is 9.59 Å². The van der Waals surface area contributed by atoms with Crippen LogP contribution in [0.25, 0.3) is 0 Å². The molecule has 0 unspecified atom stereocenters. The van der Waals surface area contributed by atoms with Crippen LogP contribution in [0.15, 0.2) is 0 Å². The van der Waals surface area contributed by atoms with Crippen LogP contribution in [0.2, 0.25) is 0 Å². The van der Waals surface area contributed by atoms with Crippen molar-refractivity contribution in [2.24, 2.45) is 5.41 Å². The van der Waals surface area contributed by atoms with Gasteiger partial charge >= 0.3 is 11.9 Å². The zero-order valence-electron chi connectivity index (χ0n) is 10.5. The van der Waals surface area contributed by atoms with E-state index in [2.05, 4.69) is 0 Å². The molecule has 1 rings (SSSR count). The Balaban J connectivity index is 0.000000331. The van der Waals surface area contributed by atoms with Crippen molar-refractivity contribution < 1.29 is 30.0 Å². The van der Waals surface area contributed by atoms with Crippen LogP contribution in [-0.2, 0) is 9.59 Å². The lowest BCUT2D eigenvalue weighted by molar-refractivity contribution is -0.143. The number of aliphatic hydroxyl groups excluding tert-OH is 2. The molecule has 0 amide bonds. The van der Waals surface area contributed by atoms with Crippen molar-refractivity contribution >= 4 is 11.9 Å². The summed E-state index contributed by atoms with van der Waals surface area (Å²) in [6, 6.07) is 0. The first-order valence-electron chi connectivity index (χ1n) is 6.11. The molecule has 4 N–H and O–H groups in total. The summed E-state index contributed by atoms with van der Waals surface area (Å²) in [5.41, 5.74) is -0.127. The molecule has 6 nitrogen and oxygen atoms in total. The normalized spacial score (nSPS) is 17.4. The highest BCUT2D eigenvalue weighted by Gasteiger charge is 2.30. The van der Waals surface area contributed by atoms with Crippen LogP contribution < -0.4 is 0 Å². The largest absolute Gasteiger partial charge is 0.481 e. The quantitative estimate of drug-likeness (QED) is 0.584. The Kier molecular flexibility index (Phi) is 8.32. The number of hydrogen-bond acceptors (Lipinski definition) is 4. The first-order chi connectivity index (χ1) is 8.45. The summed E-state index contributed by atoms with van der Waals surface area (Å²) in [5.74, 6) is -2.15. The minimum atomic E-state index is -1.08. The van der Waals surface area contributed by atoms with E-state index in [1.807, 2.05) is 0 Å². The molecule has 1 aliphatic carbocycles. The maximum atomic E-state index is 9.64. The van der Waals surface area contributed by atoms with Gasteiger partial charge in [-0.25, -0.2) is 0 Å². The summed E-state index contributed by atoms with van der Waals surface area (Å²) >= 11 is 0. The fourth-order valence-corrected chi connectivity index (χ4v) is 1.88. The van der Waals surface area contributed by atoms with Crippen molar-refractivity contribution in [1.29, 1.82) is 0 Å². The molecule has 1 saturated carbocycles. The summed E-state index contributed by atoms with van der Waals surface area (Å²) in [4.78, 5) is 19.3. The molecule has 106 valence electrons. The number of hydrogen-bond donors (Lipinski definition) is 4. The molecule has 0 saturated heterocycles. The molecule has 1 fully saturated rings. The topological polar surface area (TPSA) is 115 Å². The number of rotatable bonds is 5. The minimum Gasteiger partial charge on any atom is -0.481 e. The molecule has 6 heteroatoms. The van der Waals surface area contributed by atoms with E-state index < -0.39 is 11.9 Å². The van der Waals surface area contributed by atoms with E-state index >= 15 is 0 Å². The molecule has 0 bridgehead atoms. The lowest BCUT2D eigenvalue weighted by Gasteiger charge is -2.33. The maximum absolute atomic E-state index is 9.64. The molecule has 0 spiro atoms. The van der Waals surface area contributed by atoms with Crippen molar-refractivity contribution in [2.75, 3.05) is 13.2 Å². The minimum absolute atomic E-state index is 0.127. The highest BCUT2D eigenvalue weighted by atomic mass is 16.4. The molecular weight excluding hydrogens is 240 g/mol. The summed E-state index contributed by atoms with van der Waals surface area (Å²) in [5, 5.41) is 33.8. The molecular formula is C12H22O6. The molecule has 0 aromatic rings. The van der Waals surface area contributed by atoms with Crippen molar-refractivity contribution in [3.8, 4) is 0 Å². The fraction of sp³-hybridized carbons (Fsp3) is 0.833. The Labute approximate surface area is 106 Å². The van der Waals surface area contributed by atoms with E-state index in [4.69, 9.17) is 20.4 Å². The van der Waals surface area contributed by atoms with Gasteiger partial charge in [0.05, 0.1) is 26.1 Å². The molecule has 0 radical (unpaired) electrons. The molecule has 1 aliphatic rings. The van der Waals surface area contributed by atoms with Gasteiger partial charge in [0.2, 0.25) is 0 Å². The Hall–Kier alpha value is -1.14. The van der Waals surface area contributed by atoms with E-state index in [0.717, 1.165) is 12.8 Å². The highest BCUT2D eigenvalue weighted by Crippen LogP contribution is 2.34. The van der Waals surface area contributed by atoms with Crippen LogP contribution in [0.5, 0.6) is 0 Å². The third-order valence-corrected chi connectivity index (χ3v) is 3.14. The molecule has 0 aromatic heterocycles. The zero-order chi connectivity index (χ0) is 14.0. The van der Waals surface area contributed by atoms with Gasteiger partial charge in [-0.2, -0.15) is 0 Å². The monoisotopic (exact) mass is 262 g/mol. The standard InChI is InChI=1S/C8H16O2.C4H6O4/c9-6-8(7-10)4-2-1-3-5-8;5-3(6)1-2-4(7)8/h9-10H,1-7H2;1-2H2,(H,5,6)(H,7,8). The van der Waals surface area contributed by atoms with Gasteiger partial charge in [0, 0.05) is 5.41 Å². The number of carboxylic acid groups (broad SMARTS) is 2. The van der Waals surface area contributed by atoms with Gasteiger partial charge in [-0.1, -0.05) is 19.3 Å². The van der Waals surface area contributed by atoms with Crippen molar-refractivity contribution in [3.05, 3.63) is 0 Å². The first kappa shape index (κ1) is 16.9. The predicted molar refractivity (Wildman–Crippen MR) is 64.2 cm³/mol. The average molecular weight is 262 g/mol. The Morgan fingerprint density at radius 2 is 1.22 bits per heavy atom. The van der Waals surface area contributed by atoms with Gasteiger partial charge < -0.3 is 20.4 Å². The molecule has 0 heterocycles. The second-order valence-corrected chi connectivity index (χ2v) is 4.66. The Morgan fingerprint density at radius 3 is 1.44 bits per heavy atom.